The Bertz CT molecular complexity index is 756. The van der Waals surface area contributed by atoms with E-state index in [1.165, 1.54) is 18.3 Å². The molecule has 0 aliphatic carbocycles. The number of rotatable bonds is 4. The summed E-state index contributed by atoms with van der Waals surface area (Å²) in [4.78, 5) is 31.3. The van der Waals surface area contributed by atoms with Crippen molar-refractivity contribution in [2.24, 2.45) is 0 Å². The van der Waals surface area contributed by atoms with E-state index >= 15 is 0 Å². The lowest BCUT2D eigenvalue weighted by Crippen LogP contribution is -2.31. The van der Waals surface area contributed by atoms with E-state index in [2.05, 4.69) is 10.3 Å². The fraction of sp³-hybridized carbons (Fsp3) is 0.389. The number of hydrogen-bond acceptors (Lipinski definition) is 4. The van der Waals surface area contributed by atoms with Crippen LogP contribution in [0.15, 0.2) is 29.6 Å². The second-order valence-corrected chi connectivity index (χ2v) is 6.97. The summed E-state index contributed by atoms with van der Waals surface area (Å²) >= 11 is 1.50. The second-order valence-electron chi connectivity index (χ2n) is 6.05. The van der Waals surface area contributed by atoms with Gasteiger partial charge in [-0.05, 0) is 48.9 Å². The smallest absolute Gasteiger partial charge is 0.264 e. The zero-order valence-corrected chi connectivity index (χ0v) is 14.7. The first-order valence-electron chi connectivity index (χ1n) is 8.11. The Labute approximate surface area is 145 Å². The molecule has 0 saturated carbocycles. The Hall–Kier alpha value is -2.21. The molecular formula is C18H21N3O2S. The predicted octanol–water partition coefficient (Wildman–Crippen LogP) is 3.06. The summed E-state index contributed by atoms with van der Waals surface area (Å²) in [6.45, 7) is 4.64. The molecule has 1 fully saturated rings. The van der Waals surface area contributed by atoms with Gasteiger partial charge in [-0.2, -0.15) is 0 Å². The minimum atomic E-state index is -0.0759. The molecule has 1 aliphatic heterocycles. The van der Waals surface area contributed by atoms with Gasteiger partial charge in [0.1, 0.15) is 0 Å². The number of pyridine rings is 1. The topological polar surface area (TPSA) is 62.3 Å². The lowest BCUT2D eigenvalue weighted by Gasteiger charge is -2.24. The second kappa shape index (κ2) is 7.13. The summed E-state index contributed by atoms with van der Waals surface area (Å²) < 4.78 is 0. The minimum absolute atomic E-state index is 0.0104. The molecule has 1 atom stereocenters. The van der Waals surface area contributed by atoms with Gasteiger partial charge in [0.05, 0.1) is 28.9 Å². The number of amides is 2. The van der Waals surface area contributed by atoms with Crippen LogP contribution in [0.4, 0.5) is 0 Å². The van der Waals surface area contributed by atoms with Gasteiger partial charge >= 0.3 is 0 Å². The molecule has 2 aromatic heterocycles. The molecule has 24 heavy (non-hydrogen) atoms. The number of nitrogens with one attached hydrogen (secondary N) is 1. The Morgan fingerprint density at radius 2 is 2.21 bits per heavy atom. The largest absolute Gasteiger partial charge is 0.351 e. The zero-order valence-electron chi connectivity index (χ0n) is 13.9. The molecule has 0 spiro atoms. The van der Waals surface area contributed by atoms with E-state index in [-0.39, 0.29) is 17.9 Å². The summed E-state index contributed by atoms with van der Waals surface area (Å²) in [6, 6.07) is 7.79. The van der Waals surface area contributed by atoms with Gasteiger partial charge in [0, 0.05) is 13.5 Å². The number of aromatic nitrogens is 1. The fourth-order valence-electron chi connectivity index (χ4n) is 3.04. The molecule has 1 saturated heterocycles. The normalized spacial score (nSPS) is 17.1. The van der Waals surface area contributed by atoms with Crippen molar-refractivity contribution in [3.05, 3.63) is 51.5 Å². The molecule has 6 heteroatoms. The van der Waals surface area contributed by atoms with Crippen LogP contribution in [0, 0.1) is 6.92 Å². The molecule has 1 N–H and O–H groups in total. The Balaban J connectivity index is 1.80. The van der Waals surface area contributed by atoms with Gasteiger partial charge in [0.15, 0.2) is 0 Å². The van der Waals surface area contributed by atoms with Crippen LogP contribution < -0.4 is 5.32 Å². The van der Waals surface area contributed by atoms with E-state index in [1.807, 2.05) is 41.5 Å². The van der Waals surface area contributed by atoms with Crippen molar-refractivity contribution in [1.29, 1.82) is 0 Å². The van der Waals surface area contributed by atoms with E-state index in [0.717, 1.165) is 41.2 Å². The molecule has 3 rings (SSSR count). The third-order valence-electron chi connectivity index (χ3n) is 4.26. The molecule has 2 aromatic rings. The number of aryl methyl sites for hydroxylation is 1. The molecule has 0 bridgehead atoms. The van der Waals surface area contributed by atoms with Gasteiger partial charge in [-0.1, -0.05) is 6.07 Å². The van der Waals surface area contributed by atoms with Crippen molar-refractivity contribution in [1.82, 2.24) is 15.2 Å². The first-order chi connectivity index (χ1) is 11.6. The molecule has 5 nitrogen and oxygen atoms in total. The molecule has 1 unspecified atom stereocenters. The van der Waals surface area contributed by atoms with Crippen LogP contribution in [0.3, 0.4) is 0 Å². The standard InChI is InChI=1S/C18H21N3O2S/c1-12-8-10-24-17(12)18(23)21-9-4-7-16(21)15-6-3-5-14(20-15)11-19-13(2)22/h3,5-6,8,10,16H,4,7,9,11H2,1-2H3,(H,19,22). The highest BCUT2D eigenvalue weighted by Gasteiger charge is 2.32. The van der Waals surface area contributed by atoms with E-state index in [9.17, 15) is 9.59 Å². The van der Waals surface area contributed by atoms with Crippen LogP contribution in [-0.4, -0.2) is 28.2 Å². The van der Waals surface area contributed by atoms with Crippen LogP contribution in [0.5, 0.6) is 0 Å². The van der Waals surface area contributed by atoms with Crippen molar-refractivity contribution in [2.45, 2.75) is 39.3 Å². The monoisotopic (exact) mass is 343 g/mol. The highest BCUT2D eigenvalue weighted by Crippen LogP contribution is 2.33. The highest BCUT2D eigenvalue weighted by atomic mass is 32.1. The molecule has 2 amide bonds. The molecular weight excluding hydrogens is 322 g/mol. The Morgan fingerprint density at radius 1 is 1.38 bits per heavy atom. The third kappa shape index (κ3) is 3.48. The maximum Gasteiger partial charge on any atom is 0.264 e. The lowest BCUT2D eigenvalue weighted by atomic mass is 10.1. The molecule has 3 heterocycles. The average Bonchev–Trinajstić information content (AvgIpc) is 3.21. The van der Waals surface area contributed by atoms with E-state index < -0.39 is 0 Å². The van der Waals surface area contributed by atoms with Gasteiger partial charge in [0.25, 0.3) is 5.91 Å². The van der Waals surface area contributed by atoms with Gasteiger partial charge in [-0.3, -0.25) is 14.6 Å². The average molecular weight is 343 g/mol. The minimum Gasteiger partial charge on any atom is -0.351 e. The van der Waals surface area contributed by atoms with Crippen LogP contribution >= 0.6 is 11.3 Å². The van der Waals surface area contributed by atoms with Crippen molar-refractivity contribution in [3.8, 4) is 0 Å². The first-order valence-corrected chi connectivity index (χ1v) is 8.99. The van der Waals surface area contributed by atoms with Crippen molar-refractivity contribution in [3.63, 3.8) is 0 Å². The molecule has 0 aromatic carbocycles. The van der Waals surface area contributed by atoms with Crippen LogP contribution in [0.25, 0.3) is 0 Å². The summed E-state index contributed by atoms with van der Waals surface area (Å²) in [5, 5.41) is 4.72. The van der Waals surface area contributed by atoms with E-state index in [1.54, 1.807) is 0 Å². The number of thiophene rings is 1. The number of carbonyl (C=O) groups is 2. The Kier molecular flexibility index (Phi) is 4.94. The molecule has 1 aliphatic rings. The molecule has 0 radical (unpaired) electrons. The maximum absolute atomic E-state index is 12.9. The zero-order chi connectivity index (χ0) is 17.1. The van der Waals surface area contributed by atoms with Gasteiger partial charge < -0.3 is 10.2 Å². The number of carbonyl (C=O) groups excluding carboxylic acids is 2. The number of nitrogens with zero attached hydrogens (tertiary/aromatic N) is 2. The lowest BCUT2D eigenvalue weighted by molar-refractivity contribution is -0.119. The fourth-order valence-corrected chi connectivity index (χ4v) is 3.92. The number of hydrogen-bond donors (Lipinski definition) is 1. The predicted molar refractivity (Wildman–Crippen MR) is 93.8 cm³/mol. The van der Waals surface area contributed by atoms with Gasteiger partial charge in [-0.15, -0.1) is 11.3 Å². The quantitative estimate of drug-likeness (QED) is 0.928. The first kappa shape index (κ1) is 16.6. The molecule has 126 valence electrons. The van der Waals surface area contributed by atoms with E-state index in [4.69, 9.17) is 0 Å². The van der Waals surface area contributed by atoms with Crippen LogP contribution in [0.2, 0.25) is 0 Å². The summed E-state index contributed by atoms with van der Waals surface area (Å²) in [5.74, 6) is 0.0205. The summed E-state index contributed by atoms with van der Waals surface area (Å²) in [6.07, 6.45) is 1.91. The van der Waals surface area contributed by atoms with Crippen molar-refractivity contribution in [2.75, 3.05) is 6.54 Å². The van der Waals surface area contributed by atoms with E-state index in [0.29, 0.717) is 6.54 Å². The van der Waals surface area contributed by atoms with Crippen LogP contribution in [-0.2, 0) is 11.3 Å². The van der Waals surface area contributed by atoms with Crippen LogP contribution in [0.1, 0.15) is 52.4 Å². The third-order valence-corrected chi connectivity index (χ3v) is 5.26. The highest BCUT2D eigenvalue weighted by molar-refractivity contribution is 7.12. The van der Waals surface area contributed by atoms with Crippen molar-refractivity contribution < 1.29 is 9.59 Å². The van der Waals surface area contributed by atoms with Gasteiger partial charge in [0.2, 0.25) is 5.91 Å². The summed E-state index contributed by atoms with van der Waals surface area (Å²) in [5.41, 5.74) is 2.75. The Morgan fingerprint density at radius 3 is 2.92 bits per heavy atom. The summed E-state index contributed by atoms with van der Waals surface area (Å²) in [7, 11) is 0. The van der Waals surface area contributed by atoms with Gasteiger partial charge in [-0.25, -0.2) is 0 Å². The maximum atomic E-state index is 12.9. The van der Waals surface area contributed by atoms with Crippen molar-refractivity contribution >= 4 is 23.2 Å². The SMILES string of the molecule is CC(=O)NCc1cccc(C2CCCN2C(=O)c2sccc2C)n1. The number of likely N-dealkylation sites (tertiary alicyclic amines) is 1.